The first-order valence-electron chi connectivity index (χ1n) is 6.61. The minimum absolute atomic E-state index is 0.238. The van der Waals surface area contributed by atoms with Crippen molar-refractivity contribution in [2.75, 3.05) is 13.7 Å². The minimum atomic E-state index is 0.238. The summed E-state index contributed by atoms with van der Waals surface area (Å²) in [7, 11) is 1.71. The van der Waals surface area contributed by atoms with Gasteiger partial charge in [0, 0.05) is 16.5 Å². The summed E-state index contributed by atoms with van der Waals surface area (Å²) in [4.78, 5) is 5.40. The molecule has 1 aromatic heterocycles. The van der Waals surface area contributed by atoms with Crippen molar-refractivity contribution in [2.24, 2.45) is 0 Å². The Balaban J connectivity index is 2.30. The van der Waals surface area contributed by atoms with Gasteiger partial charge >= 0.3 is 0 Å². The van der Waals surface area contributed by atoms with Crippen LogP contribution in [0.5, 0.6) is 5.75 Å². The number of nitrogens with one attached hydrogen (secondary N) is 1. The van der Waals surface area contributed by atoms with Crippen molar-refractivity contribution in [1.29, 1.82) is 0 Å². The van der Waals surface area contributed by atoms with E-state index in [4.69, 9.17) is 4.74 Å². The molecule has 0 aliphatic carbocycles. The Morgan fingerprint density at radius 1 is 1.45 bits per heavy atom. The standard InChI is InChI=1S/C14H19N3OS2/c1-4-8-15-10(2)13-11(18-3)6-5-7-12(13)19-14-16-9-17-20-14/h5-7,9-10,15H,4,8H2,1-3H3. The molecule has 0 fully saturated rings. The molecule has 1 N–H and O–H groups in total. The highest BCUT2D eigenvalue weighted by atomic mass is 32.2. The maximum atomic E-state index is 5.52. The van der Waals surface area contributed by atoms with Crippen molar-refractivity contribution in [3.05, 3.63) is 30.1 Å². The molecule has 1 atom stereocenters. The third-order valence-electron chi connectivity index (χ3n) is 2.92. The quantitative estimate of drug-likeness (QED) is 0.844. The summed E-state index contributed by atoms with van der Waals surface area (Å²) in [6, 6.07) is 6.36. The monoisotopic (exact) mass is 309 g/mol. The molecule has 0 spiro atoms. The first-order valence-corrected chi connectivity index (χ1v) is 8.20. The van der Waals surface area contributed by atoms with Crippen molar-refractivity contribution in [1.82, 2.24) is 14.7 Å². The summed E-state index contributed by atoms with van der Waals surface area (Å²) in [6.45, 7) is 5.32. The van der Waals surface area contributed by atoms with Crippen molar-refractivity contribution in [3.63, 3.8) is 0 Å². The Bertz CT molecular complexity index is 531. The Hall–Kier alpha value is -1.11. The van der Waals surface area contributed by atoms with Gasteiger partial charge in [-0.2, -0.15) is 4.37 Å². The molecule has 1 aromatic carbocycles. The van der Waals surface area contributed by atoms with Crippen LogP contribution in [0.2, 0.25) is 0 Å². The second-order valence-corrected chi connectivity index (χ2v) is 6.43. The van der Waals surface area contributed by atoms with Crippen molar-refractivity contribution in [2.45, 2.75) is 35.5 Å². The average Bonchev–Trinajstić information content (AvgIpc) is 2.97. The van der Waals surface area contributed by atoms with Crippen LogP contribution in [0.25, 0.3) is 0 Å². The van der Waals surface area contributed by atoms with Gasteiger partial charge in [-0.25, -0.2) is 4.98 Å². The maximum Gasteiger partial charge on any atom is 0.174 e. The topological polar surface area (TPSA) is 47.0 Å². The minimum Gasteiger partial charge on any atom is -0.496 e. The molecular weight excluding hydrogens is 290 g/mol. The summed E-state index contributed by atoms with van der Waals surface area (Å²) in [5.41, 5.74) is 1.18. The molecule has 0 amide bonds. The van der Waals surface area contributed by atoms with Crippen molar-refractivity contribution in [3.8, 4) is 5.75 Å². The molecule has 0 aliphatic heterocycles. The van der Waals surface area contributed by atoms with E-state index in [0.29, 0.717) is 0 Å². The molecule has 0 saturated heterocycles. The van der Waals surface area contributed by atoms with Gasteiger partial charge < -0.3 is 10.1 Å². The molecular formula is C14H19N3OS2. The summed E-state index contributed by atoms with van der Waals surface area (Å²) in [5, 5.41) is 3.52. The highest BCUT2D eigenvalue weighted by Gasteiger charge is 2.17. The van der Waals surface area contributed by atoms with Gasteiger partial charge in [0.1, 0.15) is 12.1 Å². The van der Waals surface area contributed by atoms with Crippen LogP contribution in [0.15, 0.2) is 33.8 Å². The van der Waals surface area contributed by atoms with Gasteiger partial charge in [0.2, 0.25) is 0 Å². The molecule has 2 rings (SSSR count). The number of benzene rings is 1. The first kappa shape index (κ1) is 15.3. The van der Waals surface area contributed by atoms with E-state index in [1.807, 2.05) is 12.1 Å². The number of aromatic nitrogens is 2. The van der Waals surface area contributed by atoms with Gasteiger partial charge in [0.05, 0.1) is 7.11 Å². The Kier molecular flexibility index (Phi) is 5.82. The van der Waals surface area contributed by atoms with E-state index in [1.54, 1.807) is 25.2 Å². The molecule has 2 aromatic rings. The number of hydrogen-bond donors (Lipinski definition) is 1. The van der Waals surface area contributed by atoms with Crippen LogP contribution in [0, 0.1) is 0 Å². The molecule has 1 unspecified atom stereocenters. The zero-order valence-electron chi connectivity index (χ0n) is 11.9. The number of methoxy groups -OCH3 is 1. The fourth-order valence-corrected chi connectivity index (χ4v) is 3.63. The Morgan fingerprint density at radius 3 is 2.95 bits per heavy atom. The zero-order valence-corrected chi connectivity index (χ0v) is 13.6. The largest absolute Gasteiger partial charge is 0.496 e. The molecule has 108 valence electrons. The van der Waals surface area contributed by atoms with Gasteiger partial charge in [-0.15, -0.1) is 0 Å². The van der Waals surface area contributed by atoms with E-state index in [1.165, 1.54) is 17.1 Å². The van der Waals surface area contributed by atoms with E-state index in [9.17, 15) is 0 Å². The first-order chi connectivity index (χ1) is 9.76. The van der Waals surface area contributed by atoms with Crippen LogP contribution in [0.4, 0.5) is 0 Å². The van der Waals surface area contributed by atoms with Gasteiger partial charge in [-0.3, -0.25) is 0 Å². The smallest absolute Gasteiger partial charge is 0.174 e. The van der Waals surface area contributed by atoms with E-state index in [2.05, 4.69) is 34.6 Å². The maximum absolute atomic E-state index is 5.52. The fourth-order valence-electron chi connectivity index (χ4n) is 1.98. The molecule has 20 heavy (non-hydrogen) atoms. The van der Waals surface area contributed by atoms with Crippen LogP contribution in [-0.2, 0) is 0 Å². The van der Waals surface area contributed by atoms with Gasteiger partial charge in [0.15, 0.2) is 4.34 Å². The molecule has 0 bridgehead atoms. The highest BCUT2D eigenvalue weighted by molar-refractivity contribution is 8.01. The predicted octanol–water partition coefficient (Wildman–Crippen LogP) is 3.76. The summed E-state index contributed by atoms with van der Waals surface area (Å²) < 4.78 is 10.5. The third-order valence-corrected chi connectivity index (χ3v) is 4.71. The van der Waals surface area contributed by atoms with Crippen LogP contribution < -0.4 is 10.1 Å². The second kappa shape index (κ2) is 7.61. The lowest BCUT2D eigenvalue weighted by Crippen LogP contribution is -2.20. The number of ether oxygens (including phenoxy) is 1. The van der Waals surface area contributed by atoms with E-state index in [-0.39, 0.29) is 6.04 Å². The summed E-state index contributed by atoms with van der Waals surface area (Å²) in [6.07, 6.45) is 2.70. The number of hydrogen-bond acceptors (Lipinski definition) is 6. The molecule has 1 heterocycles. The zero-order chi connectivity index (χ0) is 14.4. The van der Waals surface area contributed by atoms with E-state index in [0.717, 1.165) is 28.0 Å². The highest BCUT2D eigenvalue weighted by Crippen LogP contribution is 2.38. The molecule has 4 nitrogen and oxygen atoms in total. The lowest BCUT2D eigenvalue weighted by molar-refractivity contribution is 0.399. The average molecular weight is 309 g/mol. The molecule has 0 saturated carbocycles. The van der Waals surface area contributed by atoms with E-state index >= 15 is 0 Å². The van der Waals surface area contributed by atoms with Crippen molar-refractivity contribution >= 4 is 23.3 Å². The summed E-state index contributed by atoms with van der Waals surface area (Å²) >= 11 is 3.05. The van der Waals surface area contributed by atoms with Gasteiger partial charge in [-0.05, 0) is 43.6 Å². The predicted molar refractivity (Wildman–Crippen MR) is 83.7 cm³/mol. The molecule has 0 aliphatic rings. The lowest BCUT2D eigenvalue weighted by Gasteiger charge is -2.20. The summed E-state index contributed by atoms with van der Waals surface area (Å²) in [5.74, 6) is 0.913. The molecule has 6 heteroatoms. The van der Waals surface area contributed by atoms with Gasteiger partial charge in [-0.1, -0.05) is 24.8 Å². The Labute approximate surface area is 128 Å². The van der Waals surface area contributed by atoms with E-state index < -0.39 is 0 Å². The van der Waals surface area contributed by atoms with Crippen LogP contribution in [0.1, 0.15) is 31.9 Å². The normalized spacial score (nSPS) is 12.3. The van der Waals surface area contributed by atoms with Crippen LogP contribution in [0.3, 0.4) is 0 Å². The van der Waals surface area contributed by atoms with Gasteiger partial charge in [0.25, 0.3) is 0 Å². The van der Waals surface area contributed by atoms with Crippen LogP contribution in [-0.4, -0.2) is 23.0 Å². The van der Waals surface area contributed by atoms with Crippen molar-refractivity contribution < 1.29 is 4.74 Å². The third kappa shape index (κ3) is 3.71. The lowest BCUT2D eigenvalue weighted by atomic mass is 10.1. The Morgan fingerprint density at radius 2 is 2.30 bits per heavy atom. The SMILES string of the molecule is CCCNC(C)c1c(OC)cccc1Sc1ncns1. The fraction of sp³-hybridized carbons (Fsp3) is 0.429. The van der Waals surface area contributed by atoms with Crippen LogP contribution >= 0.6 is 23.3 Å². The molecule has 0 radical (unpaired) electrons. The number of nitrogens with zero attached hydrogens (tertiary/aromatic N) is 2. The second-order valence-electron chi connectivity index (χ2n) is 4.36. The number of rotatable bonds is 7.